The van der Waals surface area contributed by atoms with Gasteiger partial charge in [-0.3, -0.25) is 9.00 Å². The number of amides is 1. The smallest absolute Gasteiger partial charge is 0.239 e. The lowest BCUT2D eigenvalue weighted by Gasteiger charge is -2.20. The fraction of sp³-hybridized carbons (Fsp3) is 0.375. The first-order chi connectivity index (χ1) is 10.5. The molecule has 0 radical (unpaired) electrons. The SMILES string of the molecule is CCN(C(=O)C[S@](=O)Cc1sc(C)nc1C)c1ccccc1. The van der Waals surface area contributed by atoms with Gasteiger partial charge in [0.2, 0.25) is 5.91 Å². The Balaban J connectivity index is 2.01. The summed E-state index contributed by atoms with van der Waals surface area (Å²) in [6.45, 7) is 6.34. The molecular weight excluding hydrogens is 316 g/mol. The average molecular weight is 336 g/mol. The number of thiazole rings is 1. The lowest BCUT2D eigenvalue weighted by molar-refractivity contribution is -0.116. The standard InChI is InChI=1S/C16H20N2O2S2/c1-4-18(14-8-6-5-7-9-14)16(19)11-22(20)10-15-12(2)17-13(3)21-15/h5-9H,4,10-11H2,1-3H3/t22-/m1/s1. The molecule has 118 valence electrons. The third-order valence-corrected chi connectivity index (χ3v) is 5.70. The molecule has 1 heterocycles. The maximum Gasteiger partial charge on any atom is 0.239 e. The van der Waals surface area contributed by atoms with E-state index in [-0.39, 0.29) is 11.7 Å². The fourth-order valence-electron chi connectivity index (χ4n) is 2.23. The molecule has 0 unspecified atom stereocenters. The first kappa shape index (κ1) is 16.8. The molecule has 0 spiro atoms. The minimum absolute atomic E-state index is 0.0408. The molecule has 0 saturated heterocycles. The van der Waals surface area contributed by atoms with Crippen molar-refractivity contribution in [2.24, 2.45) is 0 Å². The molecule has 0 N–H and O–H groups in total. The summed E-state index contributed by atoms with van der Waals surface area (Å²) in [6.07, 6.45) is 0. The average Bonchev–Trinajstić information content (AvgIpc) is 2.78. The summed E-state index contributed by atoms with van der Waals surface area (Å²) >= 11 is 1.55. The van der Waals surface area contributed by atoms with Crippen LogP contribution in [0.15, 0.2) is 30.3 Å². The minimum Gasteiger partial charge on any atom is -0.312 e. The van der Waals surface area contributed by atoms with Gasteiger partial charge in [0, 0.05) is 27.9 Å². The normalized spacial score (nSPS) is 12.1. The number of para-hydroxylation sites is 1. The van der Waals surface area contributed by atoms with E-state index in [1.54, 1.807) is 16.2 Å². The van der Waals surface area contributed by atoms with Crippen molar-refractivity contribution in [2.75, 3.05) is 17.2 Å². The molecule has 0 fully saturated rings. The van der Waals surface area contributed by atoms with Gasteiger partial charge in [-0.1, -0.05) is 18.2 Å². The highest BCUT2D eigenvalue weighted by Gasteiger charge is 2.18. The number of carbonyl (C=O) groups excluding carboxylic acids is 1. The van der Waals surface area contributed by atoms with E-state index in [2.05, 4.69) is 4.98 Å². The van der Waals surface area contributed by atoms with Gasteiger partial charge in [-0.2, -0.15) is 0 Å². The molecule has 1 aromatic carbocycles. The summed E-state index contributed by atoms with van der Waals surface area (Å²) in [6, 6.07) is 9.48. The van der Waals surface area contributed by atoms with E-state index in [1.165, 1.54) is 0 Å². The molecule has 0 saturated carbocycles. The van der Waals surface area contributed by atoms with Gasteiger partial charge in [0.1, 0.15) is 5.75 Å². The summed E-state index contributed by atoms with van der Waals surface area (Å²) in [5.74, 6) is 0.333. The van der Waals surface area contributed by atoms with Crippen molar-refractivity contribution < 1.29 is 9.00 Å². The Morgan fingerprint density at radius 3 is 2.50 bits per heavy atom. The van der Waals surface area contributed by atoms with Crippen molar-refractivity contribution in [3.05, 3.63) is 45.9 Å². The van der Waals surface area contributed by atoms with E-state index < -0.39 is 10.8 Å². The molecule has 2 aromatic rings. The van der Waals surface area contributed by atoms with Gasteiger partial charge in [0.05, 0.1) is 16.5 Å². The van der Waals surface area contributed by atoms with Crippen molar-refractivity contribution in [1.29, 1.82) is 0 Å². The fourth-order valence-corrected chi connectivity index (χ4v) is 4.63. The van der Waals surface area contributed by atoms with Crippen LogP contribution in [0.1, 0.15) is 22.5 Å². The molecular formula is C16H20N2O2S2. The minimum atomic E-state index is -1.21. The van der Waals surface area contributed by atoms with Crippen molar-refractivity contribution in [3.63, 3.8) is 0 Å². The first-order valence-electron chi connectivity index (χ1n) is 7.14. The first-order valence-corrected chi connectivity index (χ1v) is 9.45. The monoisotopic (exact) mass is 336 g/mol. The Morgan fingerprint density at radius 2 is 1.95 bits per heavy atom. The zero-order valence-electron chi connectivity index (χ0n) is 13.0. The van der Waals surface area contributed by atoms with Crippen LogP contribution < -0.4 is 4.90 Å². The lowest BCUT2D eigenvalue weighted by atomic mass is 10.3. The molecule has 22 heavy (non-hydrogen) atoms. The second-order valence-corrected chi connectivity index (χ2v) is 7.69. The van der Waals surface area contributed by atoms with Crippen LogP contribution >= 0.6 is 11.3 Å². The third kappa shape index (κ3) is 4.24. The van der Waals surface area contributed by atoms with Crippen molar-refractivity contribution in [1.82, 2.24) is 4.98 Å². The van der Waals surface area contributed by atoms with Crippen LogP contribution in [0.2, 0.25) is 0 Å². The Kier molecular flexibility index (Phi) is 5.85. The predicted molar refractivity (Wildman–Crippen MR) is 92.8 cm³/mol. The molecule has 0 aliphatic carbocycles. The highest BCUT2D eigenvalue weighted by atomic mass is 32.2. The van der Waals surface area contributed by atoms with Crippen LogP contribution in [0.5, 0.6) is 0 Å². The van der Waals surface area contributed by atoms with Crippen LogP contribution in [0.4, 0.5) is 5.69 Å². The molecule has 0 bridgehead atoms. The van der Waals surface area contributed by atoms with Gasteiger partial charge < -0.3 is 4.90 Å². The maximum atomic E-state index is 12.4. The molecule has 2 rings (SSSR count). The number of nitrogens with zero attached hydrogens (tertiary/aromatic N) is 2. The zero-order valence-corrected chi connectivity index (χ0v) is 14.7. The van der Waals surface area contributed by atoms with Gasteiger partial charge in [-0.25, -0.2) is 4.98 Å². The second-order valence-electron chi connectivity index (χ2n) is 4.94. The van der Waals surface area contributed by atoms with Crippen LogP contribution in [0.25, 0.3) is 0 Å². The Bertz CT molecular complexity index is 668. The van der Waals surface area contributed by atoms with E-state index in [4.69, 9.17) is 0 Å². The Labute approximate surface area is 137 Å². The number of hydrogen-bond donors (Lipinski definition) is 0. The molecule has 0 aliphatic rings. The van der Waals surface area contributed by atoms with Crippen LogP contribution in [-0.4, -0.2) is 27.4 Å². The molecule has 6 heteroatoms. The lowest BCUT2D eigenvalue weighted by Crippen LogP contribution is -2.34. The molecule has 1 amide bonds. The van der Waals surface area contributed by atoms with E-state index >= 15 is 0 Å². The van der Waals surface area contributed by atoms with Crippen LogP contribution in [0, 0.1) is 13.8 Å². The number of hydrogen-bond acceptors (Lipinski definition) is 4. The summed E-state index contributed by atoms with van der Waals surface area (Å²) in [4.78, 5) is 19.4. The van der Waals surface area contributed by atoms with E-state index in [9.17, 15) is 9.00 Å². The van der Waals surface area contributed by atoms with E-state index in [1.807, 2.05) is 51.1 Å². The topological polar surface area (TPSA) is 50.3 Å². The highest BCUT2D eigenvalue weighted by molar-refractivity contribution is 7.85. The van der Waals surface area contributed by atoms with Crippen LogP contribution in [0.3, 0.4) is 0 Å². The highest BCUT2D eigenvalue weighted by Crippen LogP contribution is 2.19. The van der Waals surface area contributed by atoms with Gasteiger partial charge in [0.15, 0.2) is 0 Å². The maximum absolute atomic E-state index is 12.4. The van der Waals surface area contributed by atoms with Crippen LogP contribution in [-0.2, 0) is 21.3 Å². The number of carbonyl (C=O) groups is 1. The third-order valence-electron chi connectivity index (χ3n) is 3.26. The van der Waals surface area contributed by atoms with E-state index in [0.717, 1.165) is 21.3 Å². The number of aryl methyl sites for hydroxylation is 2. The molecule has 1 aromatic heterocycles. The molecule has 0 aliphatic heterocycles. The quantitative estimate of drug-likeness (QED) is 0.814. The molecule has 4 nitrogen and oxygen atoms in total. The second kappa shape index (κ2) is 7.65. The van der Waals surface area contributed by atoms with E-state index in [0.29, 0.717) is 12.3 Å². The van der Waals surface area contributed by atoms with Gasteiger partial charge in [-0.15, -0.1) is 11.3 Å². The predicted octanol–water partition coefficient (Wildman–Crippen LogP) is 3.06. The Morgan fingerprint density at radius 1 is 1.27 bits per heavy atom. The van der Waals surface area contributed by atoms with Gasteiger partial charge in [-0.05, 0) is 32.9 Å². The van der Waals surface area contributed by atoms with Crippen molar-refractivity contribution in [3.8, 4) is 0 Å². The zero-order chi connectivity index (χ0) is 16.1. The largest absolute Gasteiger partial charge is 0.312 e. The van der Waals surface area contributed by atoms with Crippen molar-refractivity contribution >= 4 is 33.7 Å². The summed E-state index contributed by atoms with van der Waals surface area (Å²) < 4.78 is 12.3. The number of aromatic nitrogens is 1. The van der Waals surface area contributed by atoms with Gasteiger partial charge >= 0.3 is 0 Å². The van der Waals surface area contributed by atoms with Crippen molar-refractivity contribution in [2.45, 2.75) is 26.5 Å². The van der Waals surface area contributed by atoms with Gasteiger partial charge in [0.25, 0.3) is 0 Å². The summed E-state index contributed by atoms with van der Waals surface area (Å²) in [7, 11) is -1.21. The number of anilines is 1. The number of rotatable bonds is 6. The number of benzene rings is 1. The Hall–Kier alpha value is -1.53. The molecule has 1 atom stereocenters. The summed E-state index contributed by atoms with van der Waals surface area (Å²) in [5.41, 5.74) is 1.76. The summed E-state index contributed by atoms with van der Waals surface area (Å²) in [5, 5.41) is 0.968.